The van der Waals surface area contributed by atoms with Gasteiger partial charge in [-0.15, -0.1) is 0 Å². The Morgan fingerprint density at radius 1 is 0.369 bits per heavy atom. The lowest BCUT2D eigenvalue weighted by Crippen LogP contribution is -2.16. The first-order valence-corrected chi connectivity index (χ1v) is 23.1. The van der Waals surface area contributed by atoms with Gasteiger partial charge in [-0.1, -0.05) is 208 Å². The van der Waals surface area contributed by atoms with Gasteiger partial charge in [-0.2, -0.15) is 0 Å². The van der Waals surface area contributed by atoms with Crippen LogP contribution in [-0.4, -0.2) is 4.57 Å². The average molecular weight is 832 g/mol. The summed E-state index contributed by atoms with van der Waals surface area (Å²) in [6.07, 6.45) is 1.99. The summed E-state index contributed by atoms with van der Waals surface area (Å²) < 4.78 is 2.38. The van der Waals surface area contributed by atoms with Crippen LogP contribution in [-0.2, 0) is 11.8 Å². The van der Waals surface area contributed by atoms with E-state index in [9.17, 15) is 0 Å². The predicted molar refractivity (Wildman–Crippen MR) is 275 cm³/mol. The monoisotopic (exact) mass is 831 g/mol. The highest BCUT2D eigenvalue weighted by atomic mass is 15.0. The minimum Gasteiger partial charge on any atom is -0.309 e. The number of fused-ring (bicyclic) bond motifs is 7. The molecule has 1 aliphatic carbocycles. The van der Waals surface area contributed by atoms with Crippen LogP contribution in [0.15, 0.2) is 231 Å². The number of aromatic nitrogens is 1. The van der Waals surface area contributed by atoms with Gasteiger partial charge in [0, 0.05) is 27.8 Å². The summed E-state index contributed by atoms with van der Waals surface area (Å²) in [5.41, 5.74) is 20.7. The van der Waals surface area contributed by atoms with Crippen molar-refractivity contribution < 1.29 is 0 Å². The summed E-state index contributed by atoms with van der Waals surface area (Å²) in [5.74, 6) is 0.265. The largest absolute Gasteiger partial charge is 0.309 e. The van der Waals surface area contributed by atoms with Crippen molar-refractivity contribution in [2.24, 2.45) is 0 Å². The Morgan fingerprint density at radius 2 is 0.908 bits per heavy atom. The Morgan fingerprint density at radius 3 is 1.68 bits per heavy atom. The van der Waals surface area contributed by atoms with E-state index in [1.54, 1.807) is 0 Å². The van der Waals surface area contributed by atoms with Gasteiger partial charge >= 0.3 is 0 Å². The van der Waals surface area contributed by atoms with E-state index in [1.165, 1.54) is 111 Å². The molecule has 0 N–H and O–H groups in total. The van der Waals surface area contributed by atoms with Crippen molar-refractivity contribution in [3.8, 4) is 50.2 Å². The molecule has 1 aliphatic rings. The molecule has 1 atom stereocenters. The number of hydrogen-bond acceptors (Lipinski definition) is 0. The molecule has 0 spiro atoms. The SMILES string of the molecule is CC1(C)c2cc(-c3ccccc3)ccc2-c2ccc(C(CCc3ccc(-c4ccc(-c5ccc6c(c5)c5ccccc5n6-c5ccccc5)cc4)c4ccccc34)c3ccccc3)cc21. The maximum absolute atomic E-state index is 2.53. The molecule has 0 radical (unpaired) electrons. The standard InChI is InChI=1S/C64H49N/c1-64(2)60-41-49(43-16-6-3-7-17-43)32-37-56(60)57-38-33-50(42-61(57)64)52(45-18-8-4-9-19-45)35-30-47-31-36-54(55-23-13-12-22-53(47)55)46-28-26-44(27-29-46)48-34-39-63-59(40-48)58-24-14-15-25-62(58)65(63)51-20-10-5-11-21-51/h3-29,31-34,36-42,52H,30,35H2,1-2H3. The average Bonchev–Trinajstić information content (AvgIpc) is 3.82. The van der Waals surface area contributed by atoms with Crippen molar-refractivity contribution in [1.29, 1.82) is 0 Å². The lowest BCUT2D eigenvalue weighted by Gasteiger charge is -2.25. The summed E-state index contributed by atoms with van der Waals surface area (Å²) in [6.45, 7) is 4.81. The number of benzene rings is 10. The van der Waals surface area contributed by atoms with Crippen molar-refractivity contribution in [2.45, 2.75) is 38.0 Å². The van der Waals surface area contributed by atoms with E-state index in [2.05, 4.69) is 249 Å². The normalized spacial score (nSPS) is 13.3. The van der Waals surface area contributed by atoms with Gasteiger partial charge in [0.1, 0.15) is 0 Å². The van der Waals surface area contributed by atoms with Gasteiger partial charge in [0.2, 0.25) is 0 Å². The third-order valence-corrected chi connectivity index (χ3v) is 14.3. The van der Waals surface area contributed by atoms with E-state index in [1.807, 2.05) is 0 Å². The zero-order chi connectivity index (χ0) is 43.5. The first-order valence-electron chi connectivity index (χ1n) is 23.1. The summed E-state index contributed by atoms with van der Waals surface area (Å²) >= 11 is 0. The van der Waals surface area contributed by atoms with E-state index in [4.69, 9.17) is 0 Å². The molecule has 0 fully saturated rings. The number of nitrogens with zero attached hydrogens (tertiary/aromatic N) is 1. The van der Waals surface area contributed by atoms with E-state index in [-0.39, 0.29) is 11.3 Å². The number of aryl methyl sites for hydroxylation is 1. The molecule has 1 heterocycles. The molecule has 1 heteroatoms. The Kier molecular flexibility index (Phi) is 9.46. The first-order chi connectivity index (χ1) is 32.0. The zero-order valence-electron chi connectivity index (χ0n) is 36.9. The Bertz CT molecular complexity index is 3540. The lowest BCUT2D eigenvalue weighted by molar-refractivity contribution is 0.655. The van der Waals surface area contributed by atoms with Crippen molar-refractivity contribution in [2.75, 3.05) is 0 Å². The Labute approximate surface area is 381 Å². The molecular weight excluding hydrogens is 783 g/mol. The van der Waals surface area contributed by atoms with Gasteiger partial charge < -0.3 is 4.57 Å². The van der Waals surface area contributed by atoms with Crippen LogP contribution in [0, 0.1) is 0 Å². The van der Waals surface area contributed by atoms with E-state index in [0.29, 0.717) is 0 Å². The highest BCUT2D eigenvalue weighted by molar-refractivity contribution is 6.10. The van der Waals surface area contributed by atoms with Crippen LogP contribution in [0.4, 0.5) is 0 Å². The molecule has 0 aliphatic heterocycles. The van der Waals surface area contributed by atoms with Crippen molar-refractivity contribution >= 4 is 32.6 Å². The molecule has 1 aromatic heterocycles. The molecule has 0 bridgehead atoms. The fourth-order valence-corrected chi connectivity index (χ4v) is 11.0. The molecule has 310 valence electrons. The molecule has 0 saturated carbocycles. The number of hydrogen-bond donors (Lipinski definition) is 0. The smallest absolute Gasteiger partial charge is 0.0541 e. The summed E-state index contributed by atoms with van der Waals surface area (Å²) in [5, 5.41) is 5.17. The fourth-order valence-electron chi connectivity index (χ4n) is 11.0. The molecule has 10 aromatic carbocycles. The Balaban J connectivity index is 0.843. The lowest BCUT2D eigenvalue weighted by atomic mass is 9.79. The van der Waals surface area contributed by atoms with Gasteiger partial charge in [0.05, 0.1) is 11.0 Å². The van der Waals surface area contributed by atoms with Gasteiger partial charge in [-0.25, -0.2) is 0 Å². The quantitative estimate of drug-likeness (QED) is 0.137. The van der Waals surface area contributed by atoms with Crippen LogP contribution in [0.3, 0.4) is 0 Å². The molecule has 0 amide bonds. The summed E-state index contributed by atoms with van der Waals surface area (Å²) in [7, 11) is 0. The second kappa shape index (κ2) is 15.8. The van der Waals surface area contributed by atoms with Crippen LogP contribution in [0.1, 0.15) is 54.0 Å². The maximum atomic E-state index is 2.53. The van der Waals surface area contributed by atoms with E-state index in [0.717, 1.165) is 12.8 Å². The van der Waals surface area contributed by atoms with Gasteiger partial charge in [-0.3, -0.25) is 0 Å². The molecule has 1 nitrogen and oxygen atoms in total. The van der Waals surface area contributed by atoms with Gasteiger partial charge in [0.15, 0.2) is 0 Å². The first kappa shape index (κ1) is 38.9. The number of para-hydroxylation sites is 2. The predicted octanol–water partition coefficient (Wildman–Crippen LogP) is 17.0. The van der Waals surface area contributed by atoms with Crippen molar-refractivity contribution in [1.82, 2.24) is 4.57 Å². The molecule has 0 saturated heterocycles. The highest BCUT2D eigenvalue weighted by Crippen LogP contribution is 2.51. The van der Waals surface area contributed by atoms with Crippen molar-refractivity contribution in [3.05, 3.63) is 258 Å². The maximum Gasteiger partial charge on any atom is 0.0541 e. The van der Waals surface area contributed by atoms with Crippen LogP contribution < -0.4 is 0 Å². The second-order valence-electron chi connectivity index (χ2n) is 18.4. The molecular formula is C64H49N. The number of rotatable bonds is 9. The molecule has 12 rings (SSSR count). The molecule has 11 aromatic rings. The van der Waals surface area contributed by atoms with Crippen molar-refractivity contribution in [3.63, 3.8) is 0 Å². The Hall–Kier alpha value is -7.74. The molecule has 1 unspecified atom stereocenters. The van der Waals surface area contributed by atoms with E-state index >= 15 is 0 Å². The minimum atomic E-state index is -0.102. The summed E-state index contributed by atoms with van der Waals surface area (Å²) in [6, 6.07) is 85.6. The van der Waals surface area contributed by atoms with Gasteiger partial charge in [0.25, 0.3) is 0 Å². The molecule has 65 heavy (non-hydrogen) atoms. The summed E-state index contributed by atoms with van der Waals surface area (Å²) in [4.78, 5) is 0. The third kappa shape index (κ3) is 6.70. The second-order valence-corrected chi connectivity index (χ2v) is 18.4. The fraction of sp³-hybridized carbons (Fsp3) is 0.0938. The topological polar surface area (TPSA) is 4.93 Å². The minimum absolute atomic E-state index is 0.102. The zero-order valence-corrected chi connectivity index (χ0v) is 36.9. The third-order valence-electron chi connectivity index (χ3n) is 14.3. The van der Waals surface area contributed by atoms with Crippen LogP contribution >= 0.6 is 0 Å². The van der Waals surface area contributed by atoms with E-state index < -0.39 is 0 Å². The van der Waals surface area contributed by atoms with Gasteiger partial charge in [-0.05, 0) is 132 Å². The van der Waals surface area contributed by atoms with Crippen LogP contribution in [0.5, 0.6) is 0 Å². The van der Waals surface area contributed by atoms with Crippen LogP contribution in [0.25, 0.3) is 82.8 Å². The highest BCUT2D eigenvalue weighted by Gasteiger charge is 2.36. The van der Waals surface area contributed by atoms with Crippen LogP contribution in [0.2, 0.25) is 0 Å².